The van der Waals surface area contributed by atoms with Crippen LogP contribution in [-0.4, -0.2) is 33.1 Å². The van der Waals surface area contributed by atoms with Crippen LogP contribution in [-0.2, 0) is 9.47 Å². The standard InChI is InChI=1S/C30H39NO2/c1-5-22-9-13-27-25-12-8-21-18-30(32-16-17-33-30)15-14-24(21)28(25)26(19-29(22,27)2)20-6-10-23(11-7-20)31(3)4/h1,6-7,10-11,21-22,25-27H,8-9,12-19H2,2-4H3/t21?,22?,25?,26?,27?,29-/m0/s1. The van der Waals surface area contributed by atoms with Crippen molar-refractivity contribution < 1.29 is 9.47 Å². The van der Waals surface area contributed by atoms with Crippen molar-refractivity contribution in [1.82, 2.24) is 0 Å². The highest BCUT2D eigenvalue weighted by molar-refractivity contribution is 5.49. The zero-order valence-corrected chi connectivity index (χ0v) is 20.6. The Morgan fingerprint density at radius 3 is 2.45 bits per heavy atom. The number of hydrogen-bond donors (Lipinski definition) is 0. The summed E-state index contributed by atoms with van der Waals surface area (Å²) in [7, 11) is 4.24. The molecule has 33 heavy (non-hydrogen) atoms. The van der Waals surface area contributed by atoms with E-state index < -0.39 is 0 Å². The van der Waals surface area contributed by atoms with Gasteiger partial charge in [-0.15, -0.1) is 12.3 Å². The second-order valence-electron chi connectivity index (χ2n) is 11.8. The predicted octanol–water partition coefficient (Wildman–Crippen LogP) is 6.16. The van der Waals surface area contributed by atoms with Gasteiger partial charge in [-0.2, -0.15) is 0 Å². The third-order valence-corrected chi connectivity index (χ3v) is 10.2. The first kappa shape index (κ1) is 21.8. The molecule has 0 aromatic heterocycles. The zero-order chi connectivity index (χ0) is 22.8. The van der Waals surface area contributed by atoms with Crippen LogP contribution in [0.25, 0.3) is 0 Å². The summed E-state index contributed by atoms with van der Waals surface area (Å²) in [5.74, 6) is 5.92. The van der Waals surface area contributed by atoms with E-state index in [-0.39, 0.29) is 11.2 Å². The molecule has 3 heteroatoms. The Labute approximate surface area is 199 Å². The summed E-state index contributed by atoms with van der Waals surface area (Å²) in [5.41, 5.74) is 6.59. The van der Waals surface area contributed by atoms with Gasteiger partial charge in [-0.05, 0) is 79.4 Å². The first-order valence-electron chi connectivity index (χ1n) is 13.2. The molecule has 6 atom stereocenters. The van der Waals surface area contributed by atoms with Gasteiger partial charge in [0.1, 0.15) is 0 Å². The van der Waals surface area contributed by atoms with E-state index in [4.69, 9.17) is 15.9 Å². The average molecular weight is 446 g/mol. The molecule has 3 nitrogen and oxygen atoms in total. The maximum atomic E-state index is 6.16. The average Bonchev–Trinajstić information content (AvgIpc) is 3.41. The summed E-state index contributed by atoms with van der Waals surface area (Å²) in [5, 5.41) is 0. The number of allylic oxidation sites excluding steroid dienone is 2. The predicted molar refractivity (Wildman–Crippen MR) is 133 cm³/mol. The summed E-state index contributed by atoms with van der Waals surface area (Å²) < 4.78 is 12.3. The summed E-state index contributed by atoms with van der Waals surface area (Å²) in [6.45, 7) is 4.05. The second kappa shape index (κ2) is 7.89. The van der Waals surface area contributed by atoms with Crippen LogP contribution < -0.4 is 4.90 Å². The molecule has 5 unspecified atom stereocenters. The fourth-order valence-corrected chi connectivity index (χ4v) is 8.56. The molecule has 1 heterocycles. The number of fused-ring (bicyclic) bond motifs is 4. The number of benzene rings is 1. The van der Waals surface area contributed by atoms with E-state index in [9.17, 15) is 0 Å². The molecule has 0 N–H and O–H groups in total. The number of terminal acetylenes is 1. The highest BCUT2D eigenvalue weighted by Crippen LogP contribution is 2.66. The van der Waals surface area contributed by atoms with Gasteiger partial charge in [-0.3, -0.25) is 0 Å². The van der Waals surface area contributed by atoms with Crippen molar-refractivity contribution in [2.45, 2.75) is 70.0 Å². The van der Waals surface area contributed by atoms with Crippen molar-refractivity contribution in [3.05, 3.63) is 41.0 Å². The van der Waals surface area contributed by atoms with Crippen LogP contribution in [0.4, 0.5) is 5.69 Å². The molecule has 6 rings (SSSR count). The van der Waals surface area contributed by atoms with Gasteiger partial charge in [0, 0.05) is 44.5 Å². The van der Waals surface area contributed by atoms with Gasteiger partial charge >= 0.3 is 0 Å². The molecule has 0 bridgehead atoms. The van der Waals surface area contributed by atoms with Crippen LogP contribution in [0.2, 0.25) is 0 Å². The van der Waals surface area contributed by atoms with Crippen LogP contribution in [0.1, 0.15) is 69.8 Å². The first-order chi connectivity index (χ1) is 15.9. The smallest absolute Gasteiger partial charge is 0.169 e. The monoisotopic (exact) mass is 445 g/mol. The van der Waals surface area contributed by atoms with Gasteiger partial charge in [0.2, 0.25) is 0 Å². The Bertz CT molecular complexity index is 980. The normalized spacial score (nSPS) is 39.0. The van der Waals surface area contributed by atoms with Gasteiger partial charge in [-0.25, -0.2) is 0 Å². The summed E-state index contributed by atoms with van der Waals surface area (Å²) in [4.78, 5) is 2.19. The number of nitrogens with zero attached hydrogens (tertiary/aromatic N) is 1. The molecule has 4 aliphatic carbocycles. The lowest BCUT2D eigenvalue weighted by Crippen LogP contribution is -2.46. The molecule has 1 spiro atoms. The lowest BCUT2D eigenvalue weighted by atomic mass is 9.51. The van der Waals surface area contributed by atoms with Crippen LogP contribution >= 0.6 is 0 Å². The summed E-state index contributed by atoms with van der Waals surface area (Å²) >= 11 is 0. The van der Waals surface area contributed by atoms with Crippen LogP contribution in [0.3, 0.4) is 0 Å². The minimum absolute atomic E-state index is 0.259. The lowest BCUT2D eigenvalue weighted by molar-refractivity contribution is -0.181. The summed E-state index contributed by atoms with van der Waals surface area (Å²) in [6, 6.07) is 9.39. The Balaban J connectivity index is 1.43. The number of anilines is 1. The molecule has 1 aromatic carbocycles. The molecule has 5 aliphatic rings. The second-order valence-corrected chi connectivity index (χ2v) is 11.8. The van der Waals surface area contributed by atoms with Crippen molar-refractivity contribution >= 4 is 5.69 Å². The lowest BCUT2D eigenvalue weighted by Gasteiger charge is -2.54. The van der Waals surface area contributed by atoms with Crippen molar-refractivity contribution in [3.63, 3.8) is 0 Å². The number of rotatable bonds is 2. The van der Waals surface area contributed by atoms with Gasteiger partial charge in [0.15, 0.2) is 5.79 Å². The molecule has 176 valence electrons. The number of hydrogen-bond acceptors (Lipinski definition) is 3. The molecular formula is C30H39NO2. The maximum absolute atomic E-state index is 6.16. The van der Waals surface area contributed by atoms with E-state index in [0.29, 0.717) is 23.7 Å². The molecule has 0 radical (unpaired) electrons. The maximum Gasteiger partial charge on any atom is 0.169 e. The van der Waals surface area contributed by atoms with Gasteiger partial charge in [-0.1, -0.05) is 30.2 Å². The SMILES string of the molecule is C#CC1CCC2C3CCC4CC5(CCC4=C3C(c3ccc(N(C)C)cc3)C[C@@]12C)OCCO5. The van der Waals surface area contributed by atoms with Gasteiger partial charge in [0.25, 0.3) is 0 Å². The fraction of sp³-hybridized carbons (Fsp3) is 0.667. The van der Waals surface area contributed by atoms with Gasteiger partial charge in [0.05, 0.1) is 13.2 Å². The van der Waals surface area contributed by atoms with Crippen LogP contribution in [0.15, 0.2) is 35.4 Å². The Morgan fingerprint density at radius 2 is 1.76 bits per heavy atom. The fourth-order valence-electron chi connectivity index (χ4n) is 8.56. The molecule has 1 aromatic rings. The molecule has 1 saturated heterocycles. The zero-order valence-electron chi connectivity index (χ0n) is 20.6. The minimum Gasteiger partial charge on any atom is -0.378 e. The Kier molecular flexibility index (Phi) is 5.20. The third-order valence-electron chi connectivity index (χ3n) is 10.2. The summed E-state index contributed by atoms with van der Waals surface area (Å²) in [6.07, 6.45) is 15.6. The van der Waals surface area contributed by atoms with Crippen LogP contribution in [0, 0.1) is 41.4 Å². The van der Waals surface area contributed by atoms with E-state index in [1.807, 2.05) is 0 Å². The first-order valence-corrected chi connectivity index (χ1v) is 13.2. The largest absolute Gasteiger partial charge is 0.378 e. The Hall–Kier alpha value is -1.76. The van der Waals surface area contributed by atoms with Crippen molar-refractivity contribution in [2.75, 3.05) is 32.2 Å². The van der Waals surface area contributed by atoms with E-state index in [1.165, 1.54) is 43.4 Å². The Morgan fingerprint density at radius 1 is 1.00 bits per heavy atom. The van der Waals surface area contributed by atoms with Crippen molar-refractivity contribution in [3.8, 4) is 12.3 Å². The van der Waals surface area contributed by atoms with Crippen molar-refractivity contribution in [1.29, 1.82) is 0 Å². The quantitative estimate of drug-likeness (QED) is 0.402. The van der Waals surface area contributed by atoms with E-state index in [0.717, 1.165) is 38.4 Å². The highest BCUT2D eigenvalue weighted by Gasteiger charge is 2.57. The molecule has 4 fully saturated rings. The topological polar surface area (TPSA) is 21.7 Å². The van der Waals surface area contributed by atoms with E-state index in [2.05, 4.69) is 56.1 Å². The van der Waals surface area contributed by atoms with Gasteiger partial charge < -0.3 is 14.4 Å². The molecule has 0 amide bonds. The van der Waals surface area contributed by atoms with Crippen molar-refractivity contribution in [2.24, 2.45) is 29.1 Å². The molecule has 1 aliphatic heterocycles. The van der Waals surface area contributed by atoms with Crippen LogP contribution in [0.5, 0.6) is 0 Å². The number of ether oxygens (including phenoxy) is 2. The molecular weight excluding hydrogens is 406 g/mol. The van der Waals surface area contributed by atoms with E-state index in [1.54, 1.807) is 11.1 Å². The highest BCUT2D eigenvalue weighted by atomic mass is 16.7. The molecule has 3 saturated carbocycles. The third kappa shape index (κ3) is 3.32. The van der Waals surface area contributed by atoms with E-state index >= 15 is 0 Å². The minimum atomic E-state index is -0.296.